The molecule has 1 aliphatic heterocycles. The Morgan fingerprint density at radius 1 is 1.30 bits per heavy atom. The number of carbonyl (C=O) groups excluding carboxylic acids is 1. The lowest BCUT2D eigenvalue weighted by Crippen LogP contribution is -2.23. The molecule has 0 atom stereocenters. The quantitative estimate of drug-likeness (QED) is 0.837. The monoisotopic (exact) mass is 264 g/mol. The van der Waals surface area contributed by atoms with Gasteiger partial charge in [0.1, 0.15) is 0 Å². The van der Waals surface area contributed by atoms with Gasteiger partial charge in [0, 0.05) is 18.7 Å². The van der Waals surface area contributed by atoms with E-state index in [9.17, 15) is 4.79 Å². The first-order chi connectivity index (χ1) is 9.74. The minimum absolute atomic E-state index is 0.0989. The lowest BCUT2D eigenvalue weighted by atomic mass is 10.1. The van der Waals surface area contributed by atoms with E-state index in [2.05, 4.69) is 22.0 Å². The van der Waals surface area contributed by atoms with Crippen molar-refractivity contribution in [3.05, 3.63) is 59.2 Å². The number of benzene rings is 2. The van der Waals surface area contributed by atoms with Gasteiger partial charge in [-0.25, -0.2) is 0 Å². The number of hydrogen-bond donors (Lipinski definition) is 2. The van der Waals surface area contributed by atoms with Crippen LogP contribution in [-0.4, -0.2) is 12.2 Å². The van der Waals surface area contributed by atoms with Gasteiger partial charge >= 0.3 is 0 Å². The summed E-state index contributed by atoms with van der Waals surface area (Å²) >= 11 is 0. The topological polar surface area (TPSA) is 53.5 Å². The van der Waals surface area contributed by atoms with E-state index < -0.39 is 0 Å². The second-order valence-corrected chi connectivity index (χ2v) is 4.69. The Bertz CT molecular complexity index is 692. The van der Waals surface area contributed by atoms with Gasteiger partial charge in [0.05, 0.1) is 5.56 Å². The fourth-order valence-electron chi connectivity index (χ4n) is 2.11. The van der Waals surface area contributed by atoms with Crippen molar-refractivity contribution in [2.75, 3.05) is 5.32 Å². The molecular formula is C16H14N3O+. The molecule has 0 spiro atoms. The SMILES string of the molecule is Cc1ccccc1CNC(=O)c1ccc2c(c1)N=[C+]N2. The summed E-state index contributed by atoms with van der Waals surface area (Å²) in [7, 11) is 0. The number of nitrogens with one attached hydrogen (secondary N) is 2. The molecule has 1 amide bonds. The molecule has 0 aromatic heterocycles. The summed E-state index contributed by atoms with van der Waals surface area (Å²) in [4.78, 5) is 16.2. The summed E-state index contributed by atoms with van der Waals surface area (Å²) in [6.07, 6.45) is 2.66. The number of aliphatic imine (C=N–C) groups is 1. The Labute approximate surface area is 117 Å². The van der Waals surface area contributed by atoms with Crippen molar-refractivity contribution in [3.8, 4) is 0 Å². The lowest BCUT2D eigenvalue weighted by Gasteiger charge is -2.07. The van der Waals surface area contributed by atoms with Gasteiger partial charge in [0.25, 0.3) is 12.2 Å². The van der Waals surface area contributed by atoms with E-state index in [1.54, 1.807) is 12.1 Å². The standard InChI is InChI=1S/C16H13N3O/c1-11-4-2-3-5-13(11)9-17-16(20)12-6-7-14-15(8-12)19-10-18-14/h2-8H,9H2,1H3,(H-,17,18,19,20)/p+1. The maximum absolute atomic E-state index is 12.1. The van der Waals surface area contributed by atoms with Crippen LogP contribution in [0.25, 0.3) is 0 Å². The highest BCUT2D eigenvalue weighted by Gasteiger charge is 2.20. The first kappa shape index (κ1) is 12.3. The number of nitrogens with zero attached hydrogens (tertiary/aromatic N) is 1. The molecule has 4 heteroatoms. The summed E-state index contributed by atoms with van der Waals surface area (Å²) < 4.78 is 0. The van der Waals surface area contributed by atoms with Crippen molar-refractivity contribution in [1.29, 1.82) is 0 Å². The zero-order valence-electron chi connectivity index (χ0n) is 11.1. The van der Waals surface area contributed by atoms with Gasteiger partial charge < -0.3 is 5.32 Å². The van der Waals surface area contributed by atoms with Gasteiger partial charge in [0.15, 0.2) is 0 Å². The highest BCUT2D eigenvalue weighted by Crippen LogP contribution is 2.28. The smallest absolute Gasteiger partial charge is 0.254 e. The molecule has 2 aromatic rings. The summed E-state index contributed by atoms with van der Waals surface area (Å²) in [6.45, 7) is 2.56. The fourth-order valence-corrected chi connectivity index (χ4v) is 2.11. The predicted octanol–water partition coefficient (Wildman–Crippen LogP) is 2.89. The van der Waals surface area contributed by atoms with Crippen LogP contribution in [0.5, 0.6) is 0 Å². The number of amides is 1. The third-order valence-corrected chi connectivity index (χ3v) is 3.33. The Balaban J connectivity index is 1.71. The first-order valence-electron chi connectivity index (χ1n) is 6.42. The largest absolute Gasteiger partial charge is 0.348 e. The van der Waals surface area contributed by atoms with E-state index >= 15 is 0 Å². The van der Waals surface area contributed by atoms with E-state index in [-0.39, 0.29) is 5.91 Å². The third-order valence-electron chi connectivity index (χ3n) is 3.33. The van der Waals surface area contributed by atoms with Crippen LogP contribution in [0.1, 0.15) is 21.5 Å². The molecule has 0 fully saturated rings. The third kappa shape index (κ3) is 2.37. The van der Waals surface area contributed by atoms with Crippen molar-refractivity contribution in [1.82, 2.24) is 5.32 Å². The second kappa shape index (κ2) is 5.11. The van der Waals surface area contributed by atoms with Crippen LogP contribution in [0, 0.1) is 6.92 Å². The number of aryl methyl sites for hydroxylation is 1. The molecule has 0 saturated carbocycles. The van der Waals surface area contributed by atoms with Crippen molar-refractivity contribution in [3.63, 3.8) is 0 Å². The van der Waals surface area contributed by atoms with Crippen LogP contribution < -0.4 is 10.6 Å². The van der Waals surface area contributed by atoms with Crippen LogP contribution >= 0.6 is 0 Å². The molecule has 2 aromatic carbocycles. The number of anilines is 1. The molecule has 4 nitrogen and oxygen atoms in total. The van der Waals surface area contributed by atoms with Crippen molar-refractivity contribution >= 4 is 23.6 Å². The Hall–Kier alpha value is -2.71. The molecule has 20 heavy (non-hydrogen) atoms. The van der Waals surface area contributed by atoms with Gasteiger partial charge in [-0.2, -0.15) is 5.32 Å². The predicted molar refractivity (Wildman–Crippen MR) is 79.5 cm³/mol. The molecule has 1 heterocycles. The molecule has 0 bridgehead atoms. The van der Waals surface area contributed by atoms with E-state index in [4.69, 9.17) is 0 Å². The van der Waals surface area contributed by atoms with Crippen molar-refractivity contribution in [2.45, 2.75) is 13.5 Å². The van der Waals surface area contributed by atoms with Crippen molar-refractivity contribution in [2.24, 2.45) is 4.99 Å². The molecule has 0 aliphatic carbocycles. The zero-order valence-corrected chi connectivity index (χ0v) is 11.1. The van der Waals surface area contributed by atoms with E-state index in [0.29, 0.717) is 12.1 Å². The minimum Gasteiger partial charge on any atom is -0.348 e. The number of fused-ring (bicyclic) bond motifs is 1. The van der Waals surface area contributed by atoms with Crippen LogP contribution in [0.4, 0.5) is 11.4 Å². The number of hydrogen-bond acceptors (Lipinski definition) is 3. The van der Waals surface area contributed by atoms with Gasteiger partial charge in [-0.15, -0.1) is 0 Å². The molecule has 2 N–H and O–H groups in total. The number of carbonyl (C=O) groups is 1. The van der Waals surface area contributed by atoms with Gasteiger partial charge in [-0.1, -0.05) is 24.3 Å². The van der Waals surface area contributed by atoms with Gasteiger partial charge in [0.2, 0.25) is 11.4 Å². The van der Waals surface area contributed by atoms with E-state index in [1.165, 1.54) is 5.56 Å². The van der Waals surface area contributed by atoms with E-state index in [1.807, 2.05) is 37.3 Å². The molecule has 0 radical (unpaired) electrons. The second-order valence-electron chi connectivity index (χ2n) is 4.69. The molecule has 3 rings (SSSR count). The van der Waals surface area contributed by atoms with E-state index in [0.717, 1.165) is 16.9 Å². The van der Waals surface area contributed by atoms with Crippen LogP contribution in [-0.2, 0) is 6.54 Å². The summed E-state index contributed by atoms with van der Waals surface area (Å²) in [5.41, 5.74) is 4.51. The minimum atomic E-state index is -0.0989. The lowest BCUT2D eigenvalue weighted by molar-refractivity contribution is 0.0951. The Morgan fingerprint density at radius 3 is 3.00 bits per heavy atom. The van der Waals surface area contributed by atoms with Crippen LogP contribution in [0.15, 0.2) is 47.5 Å². The highest BCUT2D eigenvalue weighted by molar-refractivity contribution is 5.98. The van der Waals surface area contributed by atoms with Crippen molar-refractivity contribution < 1.29 is 4.79 Å². The molecule has 98 valence electrons. The number of rotatable bonds is 3. The molecule has 0 unspecified atom stereocenters. The maximum atomic E-state index is 12.1. The summed E-state index contributed by atoms with van der Waals surface area (Å²) in [6, 6.07) is 13.4. The average Bonchev–Trinajstić information content (AvgIpc) is 2.93. The fraction of sp³-hybridized carbons (Fsp3) is 0.125. The van der Waals surface area contributed by atoms with Gasteiger partial charge in [-0.3, -0.25) is 4.79 Å². The zero-order chi connectivity index (χ0) is 13.9. The van der Waals surface area contributed by atoms with Gasteiger partial charge in [-0.05, 0) is 29.1 Å². The normalized spacial score (nSPS) is 11.4. The average molecular weight is 264 g/mol. The first-order valence-corrected chi connectivity index (χ1v) is 6.42. The Kier molecular flexibility index (Phi) is 3.15. The molecule has 1 aliphatic rings. The van der Waals surface area contributed by atoms with Crippen LogP contribution in [0.3, 0.4) is 0 Å². The summed E-state index contributed by atoms with van der Waals surface area (Å²) in [5.74, 6) is -0.0989. The van der Waals surface area contributed by atoms with Crippen LogP contribution in [0.2, 0.25) is 0 Å². The maximum Gasteiger partial charge on any atom is 0.254 e. The highest BCUT2D eigenvalue weighted by atomic mass is 16.1. The Morgan fingerprint density at radius 2 is 2.15 bits per heavy atom. The summed E-state index contributed by atoms with van der Waals surface area (Å²) in [5, 5.41) is 5.81. The molecular weight excluding hydrogens is 250 g/mol. The molecule has 0 saturated heterocycles.